The topological polar surface area (TPSA) is 52.3 Å². The summed E-state index contributed by atoms with van der Waals surface area (Å²) in [5, 5.41) is 7.33. The highest BCUT2D eigenvalue weighted by atomic mass is 35.5. The standard InChI is InChI=1S/C20H14Cl4N4OS/c1-11(29-18-6-5-12(21)9-16(18)24)17-7-8-25-19-26-20(27-28(17)19)30-10-13-14(22)3-2-4-15(13)23/h2-9,11H,10H2,1H3/t11-/m1/s1. The van der Waals surface area contributed by atoms with Gasteiger partial charge in [0.05, 0.1) is 10.7 Å². The van der Waals surface area contributed by atoms with Crippen LogP contribution in [-0.2, 0) is 5.75 Å². The molecular formula is C20H14Cl4N4OS. The number of fused-ring (bicyclic) bond motifs is 1. The van der Waals surface area contributed by atoms with Crippen LogP contribution in [0, 0.1) is 0 Å². The molecule has 0 N–H and O–H groups in total. The molecule has 4 rings (SSSR count). The van der Waals surface area contributed by atoms with E-state index in [-0.39, 0.29) is 6.10 Å². The normalized spacial score (nSPS) is 12.3. The Kier molecular flexibility index (Phi) is 6.60. The van der Waals surface area contributed by atoms with Crippen molar-refractivity contribution < 1.29 is 4.74 Å². The summed E-state index contributed by atoms with van der Waals surface area (Å²) >= 11 is 26.1. The first kappa shape index (κ1) is 21.5. The minimum Gasteiger partial charge on any atom is -0.483 e. The Morgan fingerprint density at radius 2 is 1.80 bits per heavy atom. The SMILES string of the molecule is C[C@@H](Oc1ccc(Cl)cc1Cl)c1ccnc2nc(SCc3c(Cl)cccc3Cl)nn12. The van der Waals surface area contributed by atoms with Crippen molar-refractivity contribution in [3.05, 3.63) is 80.0 Å². The fourth-order valence-electron chi connectivity index (χ4n) is 2.79. The zero-order chi connectivity index (χ0) is 21.3. The van der Waals surface area contributed by atoms with Crippen LogP contribution in [-0.4, -0.2) is 19.6 Å². The van der Waals surface area contributed by atoms with Crippen LogP contribution in [0.5, 0.6) is 5.75 Å². The summed E-state index contributed by atoms with van der Waals surface area (Å²) in [6, 6.07) is 12.3. The van der Waals surface area contributed by atoms with Crippen molar-refractivity contribution in [1.82, 2.24) is 19.6 Å². The third-order valence-electron chi connectivity index (χ3n) is 4.27. The molecule has 0 aliphatic carbocycles. The minimum atomic E-state index is -0.355. The number of hydrogen-bond donors (Lipinski definition) is 0. The molecule has 0 aliphatic rings. The average molecular weight is 500 g/mol. The number of halogens is 4. The Hall–Kier alpha value is -1.70. The van der Waals surface area contributed by atoms with Gasteiger partial charge in [-0.15, -0.1) is 5.10 Å². The van der Waals surface area contributed by atoms with E-state index in [0.717, 1.165) is 11.3 Å². The van der Waals surface area contributed by atoms with Crippen LogP contribution in [0.2, 0.25) is 20.1 Å². The molecule has 0 unspecified atom stereocenters. The van der Waals surface area contributed by atoms with Gasteiger partial charge in [0, 0.05) is 27.0 Å². The summed E-state index contributed by atoms with van der Waals surface area (Å²) in [4.78, 5) is 8.78. The first-order valence-electron chi connectivity index (χ1n) is 8.81. The van der Waals surface area contributed by atoms with Crippen LogP contribution in [0.15, 0.2) is 53.8 Å². The highest BCUT2D eigenvalue weighted by Gasteiger charge is 2.17. The van der Waals surface area contributed by atoms with E-state index in [1.807, 2.05) is 19.1 Å². The summed E-state index contributed by atoms with van der Waals surface area (Å²) in [6.45, 7) is 1.90. The molecule has 154 valence electrons. The molecule has 0 spiro atoms. The number of rotatable bonds is 6. The molecule has 0 radical (unpaired) electrons. The molecule has 2 heterocycles. The van der Waals surface area contributed by atoms with Crippen LogP contribution in [0.3, 0.4) is 0 Å². The van der Waals surface area contributed by atoms with Gasteiger partial charge < -0.3 is 4.74 Å². The number of thioether (sulfide) groups is 1. The fourth-order valence-corrected chi connectivity index (χ4v) is 4.80. The van der Waals surface area contributed by atoms with E-state index in [2.05, 4.69) is 15.1 Å². The van der Waals surface area contributed by atoms with Crippen LogP contribution in [0.1, 0.15) is 24.3 Å². The largest absolute Gasteiger partial charge is 0.483 e. The molecule has 0 fully saturated rings. The average Bonchev–Trinajstić information content (AvgIpc) is 3.12. The molecule has 0 saturated carbocycles. The fraction of sp³-hybridized carbons (Fsp3) is 0.150. The second-order valence-corrected chi connectivity index (χ2v) is 8.90. The van der Waals surface area contributed by atoms with Crippen LogP contribution in [0.25, 0.3) is 5.78 Å². The summed E-state index contributed by atoms with van der Waals surface area (Å²) in [6.07, 6.45) is 1.31. The van der Waals surface area contributed by atoms with Crippen molar-refractivity contribution in [1.29, 1.82) is 0 Å². The molecule has 4 aromatic rings. The van der Waals surface area contributed by atoms with Gasteiger partial charge >= 0.3 is 0 Å². The quantitative estimate of drug-likeness (QED) is 0.263. The Morgan fingerprint density at radius 1 is 1.03 bits per heavy atom. The maximum Gasteiger partial charge on any atom is 0.253 e. The first-order chi connectivity index (χ1) is 14.4. The zero-order valence-corrected chi connectivity index (χ0v) is 19.4. The minimum absolute atomic E-state index is 0.355. The number of ether oxygens (including phenoxy) is 1. The summed E-state index contributed by atoms with van der Waals surface area (Å²) in [5.74, 6) is 1.54. The predicted molar refractivity (Wildman–Crippen MR) is 122 cm³/mol. The number of hydrogen-bond acceptors (Lipinski definition) is 5. The number of nitrogens with zero attached hydrogens (tertiary/aromatic N) is 4. The lowest BCUT2D eigenvalue weighted by Crippen LogP contribution is -2.10. The maximum absolute atomic E-state index is 6.25. The molecule has 2 aromatic carbocycles. The van der Waals surface area contributed by atoms with Crippen LogP contribution < -0.4 is 4.74 Å². The molecule has 10 heteroatoms. The van der Waals surface area contributed by atoms with E-state index >= 15 is 0 Å². The summed E-state index contributed by atoms with van der Waals surface area (Å²) in [7, 11) is 0. The monoisotopic (exact) mass is 498 g/mol. The van der Waals surface area contributed by atoms with E-state index in [9.17, 15) is 0 Å². The molecule has 0 aliphatic heterocycles. The molecule has 0 amide bonds. The van der Waals surface area contributed by atoms with Crippen LogP contribution >= 0.6 is 58.2 Å². The van der Waals surface area contributed by atoms with Crippen molar-refractivity contribution in [2.24, 2.45) is 0 Å². The molecule has 2 aromatic heterocycles. The highest BCUT2D eigenvalue weighted by Crippen LogP contribution is 2.32. The van der Waals surface area contributed by atoms with Gasteiger partial charge in [0.2, 0.25) is 5.16 Å². The summed E-state index contributed by atoms with van der Waals surface area (Å²) in [5.41, 5.74) is 1.62. The Morgan fingerprint density at radius 3 is 2.53 bits per heavy atom. The molecular weight excluding hydrogens is 486 g/mol. The van der Waals surface area contributed by atoms with Gasteiger partial charge in [0.1, 0.15) is 11.9 Å². The molecule has 30 heavy (non-hydrogen) atoms. The van der Waals surface area contributed by atoms with Gasteiger partial charge in [-0.2, -0.15) is 9.50 Å². The van der Waals surface area contributed by atoms with Gasteiger partial charge in [0.25, 0.3) is 5.78 Å². The lowest BCUT2D eigenvalue weighted by molar-refractivity contribution is 0.218. The molecule has 0 saturated heterocycles. The van der Waals surface area contributed by atoms with Crippen molar-refractivity contribution in [3.8, 4) is 5.75 Å². The Bertz CT molecular complexity index is 1200. The van der Waals surface area contributed by atoms with Gasteiger partial charge in [-0.05, 0) is 48.9 Å². The number of aromatic nitrogens is 4. The van der Waals surface area contributed by atoms with E-state index in [0.29, 0.717) is 42.5 Å². The van der Waals surface area contributed by atoms with Gasteiger partial charge in [-0.1, -0.05) is 64.2 Å². The van der Waals surface area contributed by atoms with E-state index in [1.54, 1.807) is 41.0 Å². The van der Waals surface area contributed by atoms with E-state index in [4.69, 9.17) is 51.1 Å². The van der Waals surface area contributed by atoms with Crippen LogP contribution in [0.4, 0.5) is 0 Å². The second-order valence-electron chi connectivity index (χ2n) is 6.30. The highest BCUT2D eigenvalue weighted by molar-refractivity contribution is 7.98. The van der Waals surface area contributed by atoms with E-state index in [1.165, 1.54) is 11.8 Å². The first-order valence-corrected chi connectivity index (χ1v) is 11.3. The lowest BCUT2D eigenvalue weighted by atomic mass is 10.2. The third-order valence-corrected chi connectivity index (χ3v) is 6.37. The Labute approximate surface area is 197 Å². The smallest absolute Gasteiger partial charge is 0.253 e. The summed E-state index contributed by atoms with van der Waals surface area (Å²) < 4.78 is 7.67. The number of benzene rings is 2. The maximum atomic E-state index is 6.25. The van der Waals surface area contributed by atoms with Crippen molar-refractivity contribution >= 4 is 63.9 Å². The molecule has 1 atom stereocenters. The van der Waals surface area contributed by atoms with Gasteiger partial charge in [-0.25, -0.2) is 4.98 Å². The molecule has 0 bridgehead atoms. The Balaban J connectivity index is 1.57. The van der Waals surface area contributed by atoms with Crippen molar-refractivity contribution in [2.75, 3.05) is 0 Å². The van der Waals surface area contributed by atoms with E-state index < -0.39 is 0 Å². The predicted octanol–water partition coefficient (Wildman–Crippen LogP) is 7.17. The zero-order valence-electron chi connectivity index (χ0n) is 15.5. The van der Waals surface area contributed by atoms with Crippen molar-refractivity contribution in [2.45, 2.75) is 23.9 Å². The van der Waals surface area contributed by atoms with Gasteiger partial charge in [-0.3, -0.25) is 0 Å². The lowest BCUT2D eigenvalue weighted by Gasteiger charge is -2.16. The molecule has 5 nitrogen and oxygen atoms in total. The third kappa shape index (κ3) is 4.63. The van der Waals surface area contributed by atoms with Crippen molar-refractivity contribution in [3.63, 3.8) is 0 Å². The van der Waals surface area contributed by atoms with Gasteiger partial charge in [0.15, 0.2) is 0 Å². The second kappa shape index (κ2) is 9.20.